The maximum absolute atomic E-state index is 12.4. The van der Waals surface area contributed by atoms with Crippen LogP contribution in [0.2, 0.25) is 0 Å². The molecule has 0 radical (unpaired) electrons. The summed E-state index contributed by atoms with van der Waals surface area (Å²) in [5, 5.41) is 10.1. The standard InChI is InChI=1S/C13H13F3N2O/c1-18(8-13(14,15)16)12-6-9(7-19)10-4-2-3-5-11(10)17-12/h2-6,19H,7-8H2,1H3. The molecule has 1 N–H and O–H groups in total. The van der Waals surface area contributed by atoms with Gasteiger partial charge in [-0.2, -0.15) is 13.2 Å². The number of nitrogens with zero attached hydrogens (tertiary/aromatic N) is 2. The van der Waals surface area contributed by atoms with E-state index < -0.39 is 12.7 Å². The van der Waals surface area contributed by atoms with Crippen LogP contribution in [0.25, 0.3) is 10.9 Å². The highest BCUT2D eigenvalue weighted by molar-refractivity contribution is 5.84. The van der Waals surface area contributed by atoms with Crippen molar-refractivity contribution in [3.63, 3.8) is 0 Å². The molecule has 3 nitrogen and oxygen atoms in total. The molecule has 0 aliphatic heterocycles. The van der Waals surface area contributed by atoms with Gasteiger partial charge in [0.1, 0.15) is 12.4 Å². The second-order valence-corrected chi connectivity index (χ2v) is 4.29. The van der Waals surface area contributed by atoms with Gasteiger partial charge >= 0.3 is 6.18 Å². The average Bonchev–Trinajstić information content (AvgIpc) is 2.35. The number of aliphatic hydroxyl groups excluding tert-OH is 1. The molecule has 6 heteroatoms. The number of hydrogen-bond donors (Lipinski definition) is 1. The fraction of sp³-hybridized carbons (Fsp3) is 0.308. The number of anilines is 1. The number of fused-ring (bicyclic) bond motifs is 1. The van der Waals surface area contributed by atoms with Crippen molar-refractivity contribution in [1.82, 2.24) is 4.98 Å². The molecule has 0 unspecified atom stereocenters. The molecule has 0 bridgehead atoms. The SMILES string of the molecule is CN(CC(F)(F)F)c1cc(CO)c2ccccc2n1. The van der Waals surface area contributed by atoms with Crippen LogP contribution in [-0.4, -0.2) is 29.9 Å². The third-order valence-electron chi connectivity index (χ3n) is 2.77. The zero-order valence-corrected chi connectivity index (χ0v) is 10.3. The Morgan fingerprint density at radius 3 is 2.58 bits per heavy atom. The summed E-state index contributed by atoms with van der Waals surface area (Å²) in [7, 11) is 1.33. The highest BCUT2D eigenvalue weighted by Crippen LogP contribution is 2.24. The first-order valence-corrected chi connectivity index (χ1v) is 5.68. The Bertz CT molecular complexity index is 584. The summed E-state index contributed by atoms with van der Waals surface area (Å²) in [6.45, 7) is -1.32. The lowest BCUT2D eigenvalue weighted by atomic mass is 10.1. The molecule has 19 heavy (non-hydrogen) atoms. The van der Waals surface area contributed by atoms with E-state index >= 15 is 0 Å². The van der Waals surface area contributed by atoms with Crippen LogP contribution in [0.15, 0.2) is 30.3 Å². The third kappa shape index (κ3) is 3.14. The number of aliphatic hydroxyl groups is 1. The van der Waals surface area contributed by atoms with Crippen molar-refractivity contribution in [3.05, 3.63) is 35.9 Å². The Labute approximate surface area is 108 Å². The van der Waals surface area contributed by atoms with Crippen molar-refractivity contribution >= 4 is 16.7 Å². The van der Waals surface area contributed by atoms with E-state index in [2.05, 4.69) is 4.98 Å². The van der Waals surface area contributed by atoms with Gasteiger partial charge in [0.25, 0.3) is 0 Å². The maximum atomic E-state index is 12.4. The van der Waals surface area contributed by atoms with Crippen molar-refractivity contribution in [1.29, 1.82) is 0 Å². The lowest BCUT2D eigenvalue weighted by Crippen LogP contribution is -2.31. The summed E-state index contributed by atoms with van der Waals surface area (Å²) in [4.78, 5) is 5.20. The van der Waals surface area contributed by atoms with Crippen LogP contribution < -0.4 is 4.90 Å². The fourth-order valence-electron chi connectivity index (χ4n) is 1.91. The molecule has 0 aliphatic carbocycles. The Hall–Kier alpha value is -1.82. The molecular formula is C13H13F3N2O. The monoisotopic (exact) mass is 270 g/mol. The van der Waals surface area contributed by atoms with Gasteiger partial charge in [-0.3, -0.25) is 0 Å². The average molecular weight is 270 g/mol. The Kier molecular flexibility index (Phi) is 3.61. The molecule has 0 atom stereocenters. The molecule has 1 aromatic carbocycles. The van der Waals surface area contributed by atoms with E-state index in [0.717, 1.165) is 10.3 Å². The van der Waals surface area contributed by atoms with E-state index in [9.17, 15) is 18.3 Å². The fourth-order valence-corrected chi connectivity index (χ4v) is 1.91. The summed E-state index contributed by atoms with van der Waals surface area (Å²) in [5.41, 5.74) is 1.13. The van der Waals surface area contributed by atoms with Gasteiger partial charge in [-0.1, -0.05) is 18.2 Å². The molecule has 0 saturated carbocycles. The minimum absolute atomic E-state index is 0.195. The molecule has 0 aliphatic rings. The van der Waals surface area contributed by atoms with E-state index in [1.54, 1.807) is 24.3 Å². The minimum atomic E-state index is -4.29. The number of pyridine rings is 1. The van der Waals surface area contributed by atoms with Gasteiger partial charge in [0.05, 0.1) is 12.1 Å². The van der Waals surface area contributed by atoms with Crippen molar-refractivity contribution in [3.8, 4) is 0 Å². The van der Waals surface area contributed by atoms with Crippen LogP contribution in [0.4, 0.5) is 19.0 Å². The molecular weight excluding hydrogens is 257 g/mol. The van der Waals surface area contributed by atoms with E-state index in [1.165, 1.54) is 13.1 Å². The number of rotatable bonds is 3. The normalized spacial score (nSPS) is 11.8. The number of halogens is 3. The van der Waals surface area contributed by atoms with Gasteiger partial charge in [0, 0.05) is 12.4 Å². The number of hydrogen-bond acceptors (Lipinski definition) is 3. The van der Waals surface area contributed by atoms with Gasteiger partial charge in [-0.05, 0) is 17.7 Å². The number of benzene rings is 1. The van der Waals surface area contributed by atoms with Crippen molar-refractivity contribution in [2.75, 3.05) is 18.5 Å². The van der Waals surface area contributed by atoms with Crippen LogP contribution in [0.3, 0.4) is 0 Å². The first-order valence-electron chi connectivity index (χ1n) is 5.68. The van der Waals surface area contributed by atoms with Gasteiger partial charge in [-0.25, -0.2) is 4.98 Å². The highest BCUT2D eigenvalue weighted by Gasteiger charge is 2.30. The molecule has 0 amide bonds. The Morgan fingerprint density at radius 1 is 1.26 bits per heavy atom. The molecule has 0 saturated heterocycles. The highest BCUT2D eigenvalue weighted by atomic mass is 19.4. The summed E-state index contributed by atoms with van der Waals surface area (Å²) < 4.78 is 37.1. The summed E-state index contributed by atoms with van der Waals surface area (Å²) in [6, 6.07) is 8.52. The molecule has 1 aromatic heterocycles. The van der Waals surface area contributed by atoms with E-state index in [0.29, 0.717) is 11.1 Å². The van der Waals surface area contributed by atoms with E-state index in [4.69, 9.17) is 0 Å². The summed E-state index contributed by atoms with van der Waals surface area (Å²) >= 11 is 0. The topological polar surface area (TPSA) is 36.4 Å². The van der Waals surface area contributed by atoms with E-state index in [1.807, 2.05) is 0 Å². The zero-order valence-electron chi connectivity index (χ0n) is 10.3. The predicted molar refractivity (Wildman–Crippen MR) is 67.0 cm³/mol. The lowest BCUT2D eigenvalue weighted by molar-refractivity contribution is -0.119. The van der Waals surface area contributed by atoms with Crippen LogP contribution in [-0.2, 0) is 6.61 Å². The molecule has 102 valence electrons. The van der Waals surface area contributed by atoms with Crippen LogP contribution in [0, 0.1) is 0 Å². The first-order chi connectivity index (χ1) is 8.90. The third-order valence-corrected chi connectivity index (χ3v) is 2.77. The molecule has 1 heterocycles. The van der Waals surface area contributed by atoms with Crippen LogP contribution in [0.5, 0.6) is 0 Å². The molecule has 0 fully saturated rings. The molecule has 0 spiro atoms. The zero-order chi connectivity index (χ0) is 14.0. The lowest BCUT2D eigenvalue weighted by Gasteiger charge is -2.21. The number of alkyl halides is 3. The number of aromatic nitrogens is 1. The Morgan fingerprint density at radius 2 is 1.95 bits per heavy atom. The summed E-state index contributed by atoms with van der Waals surface area (Å²) in [5.74, 6) is 0.195. The molecule has 2 rings (SSSR count). The number of para-hydroxylation sites is 1. The minimum Gasteiger partial charge on any atom is -0.392 e. The Balaban J connectivity index is 2.44. The van der Waals surface area contributed by atoms with Crippen molar-refractivity contribution in [2.24, 2.45) is 0 Å². The summed E-state index contributed by atoms with van der Waals surface area (Å²) in [6.07, 6.45) is -4.29. The van der Waals surface area contributed by atoms with Gasteiger partial charge < -0.3 is 10.0 Å². The van der Waals surface area contributed by atoms with Crippen molar-refractivity contribution in [2.45, 2.75) is 12.8 Å². The maximum Gasteiger partial charge on any atom is 0.405 e. The largest absolute Gasteiger partial charge is 0.405 e. The smallest absolute Gasteiger partial charge is 0.392 e. The predicted octanol–water partition coefficient (Wildman–Crippen LogP) is 2.73. The van der Waals surface area contributed by atoms with E-state index in [-0.39, 0.29) is 12.4 Å². The second-order valence-electron chi connectivity index (χ2n) is 4.29. The van der Waals surface area contributed by atoms with Gasteiger partial charge in [0.2, 0.25) is 0 Å². The van der Waals surface area contributed by atoms with Crippen molar-refractivity contribution < 1.29 is 18.3 Å². The second kappa shape index (κ2) is 5.05. The quantitative estimate of drug-likeness (QED) is 0.931. The molecule has 2 aromatic rings. The van der Waals surface area contributed by atoms with Gasteiger partial charge in [-0.15, -0.1) is 0 Å². The van der Waals surface area contributed by atoms with Crippen LogP contribution in [0.1, 0.15) is 5.56 Å². The van der Waals surface area contributed by atoms with Gasteiger partial charge in [0.15, 0.2) is 0 Å². The first kappa shape index (κ1) is 13.6. The van der Waals surface area contributed by atoms with Crippen LogP contribution >= 0.6 is 0 Å².